The Hall–Kier alpha value is -1.37. The molecule has 1 aliphatic rings. The number of fused-ring (bicyclic) bond motifs is 1. The van der Waals surface area contributed by atoms with Crippen LogP contribution in [0.5, 0.6) is 5.75 Å². The molecule has 7 heteroatoms. The zero-order chi connectivity index (χ0) is 14.7. The Balaban J connectivity index is 0.00000176. The molecule has 1 heterocycles. The maximum Gasteiger partial charge on any atom is 0.240 e. The molecule has 0 bridgehead atoms. The van der Waals surface area contributed by atoms with Gasteiger partial charge in [-0.3, -0.25) is 4.79 Å². The molecule has 0 radical (unpaired) electrons. The number of amides is 1. The van der Waals surface area contributed by atoms with Crippen LogP contribution in [0.15, 0.2) is 18.2 Å². The number of carbonyl (C=O) groups is 1. The molecule has 5 nitrogen and oxygen atoms in total. The van der Waals surface area contributed by atoms with E-state index in [1.165, 1.54) is 24.2 Å². The van der Waals surface area contributed by atoms with Crippen LogP contribution in [0.3, 0.4) is 0 Å². The monoisotopic (exact) mass is 341 g/mol. The summed E-state index contributed by atoms with van der Waals surface area (Å²) < 4.78 is 6.48. The van der Waals surface area contributed by atoms with Gasteiger partial charge in [0.1, 0.15) is 5.75 Å². The minimum absolute atomic E-state index is 0. The second-order valence-electron chi connectivity index (χ2n) is 5.20. The average molecular weight is 342 g/mol. The number of carbonyl (C=O) groups excluding carboxylic acids is 1. The highest BCUT2D eigenvalue weighted by atomic mass is 35.5. The number of benzene rings is 1. The van der Waals surface area contributed by atoms with Gasteiger partial charge in [-0.25, -0.2) is 4.98 Å². The molecule has 0 unspecified atom stereocenters. The lowest BCUT2D eigenvalue weighted by atomic mass is 10.3. The number of hydrogen-bond acceptors (Lipinski definition) is 5. The molecule has 1 aliphatic carbocycles. The van der Waals surface area contributed by atoms with Gasteiger partial charge in [0.05, 0.1) is 23.4 Å². The lowest BCUT2D eigenvalue weighted by Gasteiger charge is -2.02. The van der Waals surface area contributed by atoms with Crippen molar-refractivity contribution in [1.82, 2.24) is 10.3 Å². The summed E-state index contributed by atoms with van der Waals surface area (Å²) in [5.74, 6) is 1.56. The summed E-state index contributed by atoms with van der Waals surface area (Å²) in [6.07, 6.45) is 2.57. The summed E-state index contributed by atoms with van der Waals surface area (Å²) >= 11 is 1.47. The molecule has 1 saturated carbocycles. The number of nitrogens with zero attached hydrogens (tertiary/aromatic N) is 1. The summed E-state index contributed by atoms with van der Waals surface area (Å²) in [4.78, 5) is 16.2. The van der Waals surface area contributed by atoms with Crippen LogP contribution in [0, 0.1) is 5.92 Å². The standard InChI is InChI=1S/C15H19N3O2S.ClH/c1-2-20-11-5-6-12-13(7-11)21-15(17-12)18-14(19)9-16-8-10-3-4-10;/h5-7,10,16H,2-4,8-9H2,1H3,(H,17,18,19);1H. The van der Waals surface area contributed by atoms with E-state index in [4.69, 9.17) is 4.74 Å². The van der Waals surface area contributed by atoms with Crippen LogP contribution in [-0.4, -0.2) is 30.6 Å². The van der Waals surface area contributed by atoms with Gasteiger partial charge in [-0.05, 0) is 50.4 Å². The summed E-state index contributed by atoms with van der Waals surface area (Å²) in [6, 6.07) is 5.77. The second kappa shape index (κ2) is 7.76. The Morgan fingerprint density at radius 1 is 1.45 bits per heavy atom. The summed E-state index contributed by atoms with van der Waals surface area (Å²) in [7, 11) is 0. The highest BCUT2D eigenvalue weighted by Gasteiger charge is 2.20. The predicted molar refractivity (Wildman–Crippen MR) is 92.3 cm³/mol. The summed E-state index contributed by atoms with van der Waals surface area (Å²) in [5.41, 5.74) is 0.879. The fourth-order valence-electron chi connectivity index (χ4n) is 2.09. The predicted octanol–water partition coefficient (Wildman–Crippen LogP) is 3.05. The van der Waals surface area contributed by atoms with Crippen LogP contribution in [0.2, 0.25) is 0 Å². The van der Waals surface area contributed by atoms with Gasteiger partial charge in [0, 0.05) is 0 Å². The second-order valence-corrected chi connectivity index (χ2v) is 6.23. The Labute approximate surface area is 139 Å². The molecule has 2 aromatic rings. The normalized spacial score (nSPS) is 13.7. The number of anilines is 1. The van der Waals surface area contributed by atoms with Crippen LogP contribution < -0.4 is 15.4 Å². The number of aromatic nitrogens is 1. The van der Waals surface area contributed by atoms with Crippen molar-refractivity contribution in [1.29, 1.82) is 0 Å². The highest BCUT2D eigenvalue weighted by molar-refractivity contribution is 7.22. The molecule has 0 spiro atoms. The van der Waals surface area contributed by atoms with Crippen molar-refractivity contribution in [2.45, 2.75) is 19.8 Å². The topological polar surface area (TPSA) is 63.2 Å². The molecule has 22 heavy (non-hydrogen) atoms. The van der Waals surface area contributed by atoms with E-state index >= 15 is 0 Å². The summed E-state index contributed by atoms with van der Waals surface area (Å²) in [6.45, 7) is 3.87. The van der Waals surface area contributed by atoms with Gasteiger partial charge < -0.3 is 15.4 Å². The number of halogens is 1. The first-order chi connectivity index (χ1) is 10.2. The first kappa shape index (κ1) is 17.0. The highest BCUT2D eigenvalue weighted by Crippen LogP contribution is 2.29. The third-order valence-corrected chi connectivity index (χ3v) is 4.27. The Morgan fingerprint density at radius 3 is 3.00 bits per heavy atom. The first-order valence-electron chi connectivity index (χ1n) is 7.28. The third-order valence-electron chi connectivity index (χ3n) is 3.33. The number of ether oxygens (including phenoxy) is 1. The molecule has 1 aromatic heterocycles. The van der Waals surface area contributed by atoms with Crippen LogP contribution in [0.1, 0.15) is 19.8 Å². The zero-order valence-electron chi connectivity index (χ0n) is 12.4. The van der Waals surface area contributed by atoms with Crippen LogP contribution in [-0.2, 0) is 4.79 Å². The van der Waals surface area contributed by atoms with Gasteiger partial charge in [-0.1, -0.05) is 11.3 Å². The number of nitrogens with one attached hydrogen (secondary N) is 2. The van der Waals surface area contributed by atoms with Gasteiger partial charge in [0.25, 0.3) is 0 Å². The first-order valence-corrected chi connectivity index (χ1v) is 8.10. The largest absolute Gasteiger partial charge is 0.494 e. The Morgan fingerprint density at radius 2 is 2.27 bits per heavy atom. The third kappa shape index (κ3) is 4.56. The van der Waals surface area contributed by atoms with Gasteiger partial charge in [0.2, 0.25) is 5.91 Å². The van der Waals surface area contributed by atoms with Gasteiger partial charge >= 0.3 is 0 Å². The molecule has 2 N–H and O–H groups in total. The molecule has 1 fully saturated rings. The van der Waals surface area contributed by atoms with E-state index in [1.807, 2.05) is 25.1 Å². The fraction of sp³-hybridized carbons (Fsp3) is 0.467. The number of hydrogen-bond donors (Lipinski definition) is 2. The molecule has 0 saturated heterocycles. The maximum atomic E-state index is 11.8. The molecular formula is C15H20ClN3O2S. The molecule has 1 aromatic carbocycles. The van der Waals surface area contributed by atoms with E-state index in [2.05, 4.69) is 15.6 Å². The molecular weight excluding hydrogens is 322 g/mol. The van der Waals surface area contributed by atoms with E-state index in [0.29, 0.717) is 18.3 Å². The lowest BCUT2D eigenvalue weighted by molar-refractivity contribution is -0.115. The molecule has 1 amide bonds. The smallest absolute Gasteiger partial charge is 0.240 e. The SMILES string of the molecule is CCOc1ccc2nc(NC(=O)CNCC3CC3)sc2c1.Cl. The fourth-order valence-corrected chi connectivity index (χ4v) is 3.00. The van der Waals surface area contributed by atoms with E-state index in [0.717, 1.165) is 28.4 Å². The van der Waals surface area contributed by atoms with Crippen molar-refractivity contribution in [2.75, 3.05) is 25.0 Å². The van der Waals surface area contributed by atoms with Crippen molar-refractivity contribution in [2.24, 2.45) is 5.92 Å². The minimum atomic E-state index is -0.0419. The van der Waals surface area contributed by atoms with E-state index in [-0.39, 0.29) is 18.3 Å². The Bertz CT molecular complexity index is 643. The molecule has 120 valence electrons. The molecule has 3 rings (SSSR count). The van der Waals surface area contributed by atoms with Crippen molar-refractivity contribution < 1.29 is 9.53 Å². The van der Waals surface area contributed by atoms with E-state index < -0.39 is 0 Å². The van der Waals surface area contributed by atoms with E-state index in [1.54, 1.807) is 0 Å². The van der Waals surface area contributed by atoms with E-state index in [9.17, 15) is 4.79 Å². The quantitative estimate of drug-likeness (QED) is 0.812. The van der Waals surface area contributed by atoms with Crippen LogP contribution in [0.4, 0.5) is 5.13 Å². The average Bonchev–Trinajstić information content (AvgIpc) is 3.18. The summed E-state index contributed by atoms with van der Waals surface area (Å²) in [5, 5.41) is 6.65. The van der Waals surface area contributed by atoms with Crippen LogP contribution in [0.25, 0.3) is 10.2 Å². The number of thiazole rings is 1. The van der Waals surface area contributed by atoms with Crippen molar-refractivity contribution in [3.63, 3.8) is 0 Å². The number of rotatable bonds is 7. The zero-order valence-corrected chi connectivity index (χ0v) is 14.1. The van der Waals surface area contributed by atoms with Crippen molar-refractivity contribution >= 4 is 45.0 Å². The molecule has 0 atom stereocenters. The minimum Gasteiger partial charge on any atom is -0.494 e. The van der Waals surface area contributed by atoms with Gasteiger partial charge in [-0.15, -0.1) is 12.4 Å². The maximum absolute atomic E-state index is 11.8. The van der Waals surface area contributed by atoms with Crippen molar-refractivity contribution in [3.8, 4) is 5.75 Å². The van der Waals surface area contributed by atoms with Crippen molar-refractivity contribution in [3.05, 3.63) is 18.2 Å². The lowest BCUT2D eigenvalue weighted by Crippen LogP contribution is -2.29. The van der Waals surface area contributed by atoms with Gasteiger partial charge in [0.15, 0.2) is 5.13 Å². The van der Waals surface area contributed by atoms with Gasteiger partial charge in [-0.2, -0.15) is 0 Å². The van der Waals surface area contributed by atoms with Crippen LogP contribution >= 0.6 is 23.7 Å². The molecule has 0 aliphatic heterocycles. The Kier molecular flexibility index (Phi) is 5.99.